The maximum atomic E-state index is 13.2. The van der Waals surface area contributed by atoms with Gasteiger partial charge in [0.25, 0.3) is 0 Å². The third-order valence-electron chi connectivity index (χ3n) is 5.73. The molecule has 0 spiro atoms. The maximum absolute atomic E-state index is 13.2. The summed E-state index contributed by atoms with van der Waals surface area (Å²) in [7, 11) is -0.389. The van der Waals surface area contributed by atoms with Crippen molar-refractivity contribution in [3.8, 4) is 11.5 Å². The first-order valence-corrected chi connectivity index (χ1v) is 12.4. The minimum absolute atomic E-state index is 0.275. The van der Waals surface area contributed by atoms with E-state index in [1.54, 1.807) is 32.4 Å². The second-order valence-electron chi connectivity index (χ2n) is 8.07. The number of sulfonamides is 1. The molecule has 1 aliphatic heterocycles. The molecule has 180 valence electrons. The lowest BCUT2D eigenvalue weighted by Crippen LogP contribution is -2.49. The van der Waals surface area contributed by atoms with Crippen LogP contribution >= 0.6 is 0 Å². The highest BCUT2D eigenvalue weighted by atomic mass is 32.2. The zero-order valence-electron chi connectivity index (χ0n) is 19.8. The van der Waals surface area contributed by atoms with Crippen LogP contribution in [0.4, 0.5) is 17.5 Å². The highest BCUT2D eigenvalue weighted by Gasteiger charge is 2.30. The number of aryl methyl sites for hydroxylation is 2. The quantitative estimate of drug-likeness (QED) is 0.546. The number of hydrogen-bond acceptors (Lipinski definition) is 8. The van der Waals surface area contributed by atoms with Crippen LogP contribution in [0.3, 0.4) is 0 Å². The lowest BCUT2D eigenvalue weighted by Gasteiger charge is -2.34. The van der Waals surface area contributed by atoms with E-state index in [9.17, 15) is 8.42 Å². The summed E-state index contributed by atoms with van der Waals surface area (Å²) >= 11 is 0. The molecule has 0 radical (unpaired) electrons. The first-order valence-electron chi connectivity index (χ1n) is 11.0. The number of ether oxygens (including phenoxy) is 2. The van der Waals surface area contributed by atoms with Crippen LogP contribution in [0.1, 0.15) is 11.3 Å². The number of piperazine rings is 1. The molecule has 2 aromatic carbocycles. The van der Waals surface area contributed by atoms with E-state index >= 15 is 0 Å². The highest BCUT2D eigenvalue weighted by molar-refractivity contribution is 7.89. The van der Waals surface area contributed by atoms with Gasteiger partial charge in [-0.3, -0.25) is 0 Å². The Hall–Kier alpha value is -3.37. The Bertz CT molecular complexity index is 1260. The largest absolute Gasteiger partial charge is 0.497 e. The van der Waals surface area contributed by atoms with Gasteiger partial charge in [-0.25, -0.2) is 13.4 Å². The van der Waals surface area contributed by atoms with Gasteiger partial charge >= 0.3 is 0 Å². The molecule has 10 heteroatoms. The second-order valence-corrected chi connectivity index (χ2v) is 10.0. The third-order valence-corrected chi connectivity index (χ3v) is 7.63. The average Bonchev–Trinajstić information content (AvgIpc) is 2.84. The van der Waals surface area contributed by atoms with Crippen LogP contribution in [0.25, 0.3) is 0 Å². The summed E-state index contributed by atoms with van der Waals surface area (Å²) in [6.45, 7) is 5.46. The van der Waals surface area contributed by atoms with Crippen molar-refractivity contribution in [2.24, 2.45) is 0 Å². The van der Waals surface area contributed by atoms with Gasteiger partial charge in [-0.05, 0) is 61.9 Å². The van der Waals surface area contributed by atoms with E-state index in [0.29, 0.717) is 43.7 Å². The number of rotatable bonds is 7. The van der Waals surface area contributed by atoms with Crippen LogP contribution in [0.5, 0.6) is 11.5 Å². The summed E-state index contributed by atoms with van der Waals surface area (Å²) in [5.74, 6) is 2.70. The zero-order valence-corrected chi connectivity index (χ0v) is 20.6. The van der Waals surface area contributed by atoms with Gasteiger partial charge in [0.15, 0.2) is 0 Å². The van der Waals surface area contributed by atoms with Gasteiger partial charge in [-0.2, -0.15) is 9.29 Å². The first kappa shape index (κ1) is 23.8. The van der Waals surface area contributed by atoms with Crippen LogP contribution in [0, 0.1) is 13.8 Å². The summed E-state index contributed by atoms with van der Waals surface area (Å²) in [5.41, 5.74) is 2.49. The molecule has 9 nitrogen and oxygen atoms in total. The molecule has 1 aromatic heterocycles. The van der Waals surface area contributed by atoms with Crippen molar-refractivity contribution >= 4 is 27.5 Å². The molecule has 2 heterocycles. The fourth-order valence-corrected chi connectivity index (χ4v) is 5.38. The summed E-state index contributed by atoms with van der Waals surface area (Å²) in [6, 6.07) is 14.4. The van der Waals surface area contributed by atoms with Crippen LogP contribution < -0.4 is 19.7 Å². The van der Waals surface area contributed by atoms with Crippen molar-refractivity contribution in [3.05, 3.63) is 59.8 Å². The molecule has 0 saturated carbocycles. The van der Waals surface area contributed by atoms with Crippen LogP contribution in [0.2, 0.25) is 0 Å². The molecule has 0 unspecified atom stereocenters. The lowest BCUT2D eigenvalue weighted by molar-refractivity contribution is 0.382. The van der Waals surface area contributed by atoms with Gasteiger partial charge in [0.2, 0.25) is 16.0 Å². The molecular weight excluding hydrogens is 454 g/mol. The van der Waals surface area contributed by atoms with Crippen molar-refractivity contribution in [3.63, 3.8) is 0 Å². The number of anilines is 3. The van der Waals surface area contributed by atoms with Gasteiger partial charge in [0.1, 0.15) is 17.3 Å². The predicted molar refractivity (Wildman–Crippen MR) is 132 cm³/mol. The standard InChI is InChI=1S/C24H29N5O4S/c1-17-15-21(9-10-22(17)33-4)34(30,31)29-13-11-28(12-14-29)24-25-18(2)16-23(27-24)26-19-5-7-20(32-3)8-6-19/h5-10,15-16H,11-14H2,1-4H3,(H,25,26,27). The minimum Gasteiger partial charge on any atom is -0.497 e. The average molecular weight is 484 g/mol. The van der Waals surface area contributed by atoms with E-state index < -0.39 is 10.0 Å². The number of aromatic nitrogens is 2. The van der Waals surface area contributed by atoms with Gasteiger partial charge in [0, 0.05) is 43.6 Å². The van der Waals surface area contributed by atoms with E-state index in [4.69, 9.17) is 9.47 Å². The molecule has 3 aromatic rings. The number of hydrogen-bond donors (Lipinski definition) is 1. The molecule has 0 atom stereocenters. The normalized spacial score (nSPS) is 14.6. The number of benzene rings is 2. The Morgan fingerprint density at radius 1 is 0.882 bits per heavy atom. The third kappa shape index (κ3) is 5.07. The van der Waals surface area contributed by atoms with E-state index in [-0.39, 0.29) is 4.90 Å². The van der Waals surface area contributed by atoms with Crippen molar-refractivity contribution in [2.45, 2.75) is 18.7 Å². The van der Waals surface area contributed by atoms with E-state index in [2.05, 4.69) is 15.3 Å². The van der Waals surface area contributed by atoms with Gasteiger partial charge in [0.05, 0.1) is 19.1 Å². The number of nitrogens with one attached hydrogen (secondary N) is 1. The van der Waals surface area contributed by atoms with Crippen molar-refractivity contribution in [2.75, 3.05) is 50.6 Å². The Labute approximate surface area is 200 Å². The number of methoxy groups -OCH3 is 2. The molecular formula is C24H29N5O4S. The minimum atomic E-state index is -3.59. The van der Waals surface area contributed by atoms with Gasteiger partial charge < -0.3 is 19.7 Å². The molecule has 0 amide bonds. The second kappa shape index (κ2) is 9.86. The Kier molecular flexibility index (Phi) is 6.90. The molecule has 4 rings (SSSR count). The predicted octanol–water partition coefficient (Wildman–Crippen LogP) is 3.37. The molecule has 34 heavy (non-hydrogen) atoms. The Morgan fingerprint density at radius 3 is 2.21 bits per heavy atom. The van der Waals surface area contributed by atoms with Crippen molar-refractivity contribution in [1.29, 1.82) is 0 Å². The Morgan fingerprint density at radius 2 is 1.59 bits per heavy atom. The SMILES string of the molecule is COc1ccc(Nc2cc(C)nc(N3CCN(S(=O)(=O)c4ccc(OC)c(C)c4)CC3)n2)cc1. The fraction of sp³-hybridized carbons (Fsp3) is 0.333. The van der Waals surface area contributed by atoms with Crippen molar-refractivity contribution in [1.82, 2.24) is 14.3 Å². The van der Waals surface area contributed by atoms with E-state index in [1.807, 2.05) is 49.1 Å². The van der Waals surface area contributed by atoms with Crippen LogP contribution in [-0.2, 0) is 10.0 Å². The monoisotopic (exact) mass is 483 g/mol. The number of nitrogens with zero attached hydrogens (tertiary/aromatic N) is 4. The van der Waals surface area contributed by atoms with Crippen LogP contribution in [0.15, 0.2) is 53.4 Å². The topological polar surface area (TPSA) is 96.9 Å². The Balaban J connectivity index is 1.45. The smallest absolute Gasteiger partial charge is 0.243 e. The summed E-state index contributed by atoms with van der Waals surface area (Å²) in [6.07, 6.45) is 0. The van der Waals surface area contributed by atoms with E-state index in [1.165, 1.54) is 4.31 Å². The maximum Gasteiger partial charge on any atom is 0.243 e. The zero-order chi connectivity index (χ0) is 24.3. The van der Waals surface area contributed by atoms with Crippen molar-refractivity contribution < 1.29 is 17.9 Å². The summed E-state index contributed by atoms with van der Waals surface area (Å²) < 4.78 is 38.3. The molecule has 1 N–H and O–H groups in total. The molecule has 0 bridgehead atoms. The molecule has 1 fully saturated rings. The first-order chi connectivity index (χ1) is 16.3. The fourth-order valence-electron chi connectivity index (χ4n) is 3.87. The molecule has 1 saturated heterocycles. The molecule has 0 aliphatic carbocycles. The lowest BCUT2D eigenvalue weighted by atomic mass is 10.2. The van der Waals surface area contributed by atoms with Crippen LogP contribution in [-0.4, -0.2) is 63.1 Å². The van der Waals surface area contributed by atoms with Gasteiger partial charge in [-0.1, -0.05) is 0 Å². The summed E-state index contributed by atoms with van der Waals surface area (Å²) in [4.78, 5) is 11.5. The highest BCUT2D eigenvalue weighted by Crippen LogP contribution is 2.26. The summed E-state index contributed by atoms with van der Waals surface area (Å²) in [5, 5.41) is 3.29. The molecule has 1 aliphatic rings. The van der Waals surface area contributed by atoms with Gasteiger partial charge in [-0.15, -0.1) is 0 Å². The van der Waals surface area contributed by atoms with E-state index in [0.717, 1.165) is 22.7 Å².